The van der Waals surface area contributed by atoms with Gasteiger partial charge in [-0.05, 0) is 37.6 Å². The predicted molar refractivity (Wildman–Crippen MR) is 69.8 cm³/mol. The molecule has 1 unspecified atom stereocenters. The van der Waals surface area contributed by atoms with E-state index in [0.29, 0.717) is 0 Å². The molecule has 1 aromatic rings. The van der Waals surface area contributed by atoms with Crippen LogP contribution in [0.5, 0.6) is 0 Å². The van der Waals surface area contributed by atoms with Crippen LogP contribution in [0.2, 0.25) is 5.02 Å². The lowest BCUT2D eigenvalue weighted by atomic mass is 10.3. The Balaban J connectivity index is 2.04. The van der Waals surface area contributed by atoms with Crippen molar-refractivity contribution in [2.24, 2.45) is 0 Å². The normalized spacial score (nSPS) is 20.0. The summed E-state index contributed by atoms with van der Waals surface area (Å²) in [6.07, 6.45) is 1.84. The van der Waals surface area contributed by atoms with E-state index in [-0.39, 0.29) is 22.5 Å². The highest BCUT2D eigenvalue weighted by molar-refractivity contribution is 7.92. The number of sulfonamides is 1. The Morgan fingerprint density at radius 2 is 2.28 bits per heavy atom. The summed E-state index contributed by atoms with van der Waals surface area (Å²) in [6.45, 7) is 0.850. The molecule has 18 heavy (non-hydrogen) atoms. The van der Waals surface area contributed by atoms with Crippen LogP contribution in [0.15, 0.2) is 18.2 Å². The van der Waals surface area contributed by atoms with E-state index in [1.807, 2.05) is 0 Å². The number of nitrogens with one attached hydrogen (secondary N) is 2. The number of anilines is 1. The topological polar surface area (TPSA) is 58.2 Å². The van der Waals surface area contributed by atoms with Crippen LogP contribution in [-0.4, -0.2) is 26.8 Å². The van der Waals surface area contributed by atoms with E-state index in [0.717, 1.165) is 25.5 Å². The minimum atomic E-state index is -3.44. The molecule has 4 nitrogen and oxygen atoms in total. The second-order valence-electron chi connectivity index (χ2n) is 4.31. The summed E-state index contributed by atoms with van der Waals surface area (Å²) >= 11 is 5.59. The van der Waals surface area contributed by atoms with Crippen molar-refractivity contribution in [3.63, 3.8) is 0 Å². The molecule has 1 aliphatic heterocycles. The monoisotopic (exact) mass is 292 g/mol. The van der Waals surface area contributed by atoms with Gasteiger partial charge in [0.1, 0.15) is 5.82 Å². The van der Waals surface area contributed by atoms with E-state index in [4.69, 9.17) is 11.6 Å². The first-order valence-electron chi connectivity index (χ1n) is 5.65. The molecule has 1 aromatic carbocycles. The first kappa shape index (κ1) is 13.6. The van der Waals surface area contributed by atoms with Crippen LogP contribution in [0, 0.1) is 5.82 Å². The maximum Gasteiger partial charge on any atom is 0.234 e. The van der Waals surface area contributed by atoms with Crippen LogP contribution < -0.4 is 10.0 Å². The zero-order valence-electron chi connectivity index (χ0n) is 9.62. The lowest BCUT2D eigenvalue weighted by Crippen LogP contribution is -2.32. The minimum absolute atomic E-state index is 0.0154. The van der Waals surface area contributed by atoms with Gasteiger partial charge in [0, 0.05) is 6.04 Å². The molecule has 1 heterocycles. The maximum atomic E-state index is 12.9. The van der Waals surface area contributed by atoms with Crippen molar-refractivity contribution in [2.45, 2.75) is 18.9 Å². The predicted octanol–water partition coefficient (Wildman–Crippen LogP) is 1.97. The average molecular weight is 293 g/mol. The quantitative estimate of drug-likeness (QED) is 0.892. The molecule has 7 heteroatoms. The molecule has 1 aliphatic rings. The molecule has 2 rings (SSSR count). The first-order valence-corrected chi connectivity index (χ1v) is 7.68. The summed E-state index contributed by atoms with van der Waals surface area (Å²) in [5.41, 5.74) is 0.277. The number of halogens is 2. The molecule has 0 aromatic heterocycles. The lowest BCUT2D eigenvalue weighted by molar-refractivity contribution is 0.581. The Kier molecular flexibility index (Phi) is 4.09. The van der Waals surface area contributed by atoms with Gasteiger partial charge in [-0.25, -0.2) is 12.8 Å². The van der Waals surface area contributed by atoms with E-state index < -0.39 is 15.8 Å². The first-order chi connectivity index (χ1) is 8.46. The number of rotatable bonds is 4. The molecule has 100 valence electrons. The van der Waals surface area contributed by atoms with Crippen LogP contribution in [0.1, 0.15) is 12.8 Å². The Morgan fingerprint density at radius 3 is 2.89 bits per heavy atom. The highest BCUT2D eigenvalue weighted by atomic mass is 35.5. The van der Waals surface area contributed by atoms with E-state index in [2.05, 4.69) is 10.0 Å². The fourth-order valence-corrected chi connectivity index (χ4v) is 3.51. The summed E-state index contributed by atoms with van der Waals surface area (Å²) in [5.74, 6) is -0.556. The van der Waals surface area contributed by atoms with E-state index in [1.54, 1.807) is 0 Å². The van der Waals surface area contributed by atoms with Gasteiger partial charge in [-0.1, -0.05) is 11.6 Å². The summed E-state index contributed by atoms with van der Waals surface area (Å²) in [5, 5.41) is 3.01. The zero-order chi connectivity index (χ0) is 13.2. The molecular formula is C11H14ClFN2O2S. The Hall–Kier alpha value is -0.850. The molecule has 0 spiro atoms. The van der Waals surface area contributed by atoms with Gasteiger partial charge in [0.2, 0.25) is 10.0 Å². The fraction of sp³-hybridized carbons (Fsp3) is 0.455. The van der Waals surface area contributed by atoms with Crippen molar-refractivity contribution in [1.29, 1.82) is 0 Å². The number of hydrogen-bond acceptors (Lipinski definition) is 3. The van der Waals surface area contributed by atoms with Crippen LogP contribution in [0.4, 0.5) is 10.1 Å². The third kappa shape index (κ3) is 3.57. The van der Waals surface area contributed by atoms with Gasteiger partial charge in [0.25, 0.3) is 0 Å². The average Bonchev–Trinajstić information content (AvgIpc) is 2.75. The van der Waals surface area contributed by atoms with Crippen LogP contribution >= 0.6 is 11.6 Å². The van der Waals surface area contributed by atoms with Crippen LogP contribution in [0.25, 0.3) is 0 Å². The van der Waals surface area contributed by atoms with Crippen LogP contribution in [0.3, 0.4) is 0 Å². The second kappa shape index (κ2) is 5.42. The molecule has 0 aliphatic carbocycles. The van der Waals surface area contributed by atoms with Gasteiger partial charge in [0.05, 0.1) is 16.5 Å². The standard InChI is InChI=1S/C11H14ClFN2O2S/c12-10-6-8(3-4-11(10)13)15-18(16,17)7-9-2-1-5-14-9/h3-4,6,9,14-15H,1-2,5,7H2. The third-order valence-electron chi connectivity index (χ3n) is 2.78. The molecule has 1 saturated heterocycles. The minimum Gasteiger partial charge on any atom is -0.313 e. The molecule has 2 N–H and O–H groups in total. The van der Waals surface area contributed by atoms with Crippen molar-refractivity contribution < 1.29 is 12.8 Å². The van der Waals surface area contributed by atoms with Crippen molar-refractivity contribution in [1.82, 2.24) is 5.32 Å². The van der Waals surface area contributed by atoms with E-state index in [1.165, 1.54) is 12.1 Å². The van der Waals surface area contributed by atoms with Gasteiger partial charge >= 0.3 is 0 Å². The third-order valence-corrected chi connectivity index (χ3v) is 4.45. The fourth-order valence-electron chi connectivity index (χ4n) is 1.94. The molecule has 0 amide bonds. The molecule has 0 bridgehead atoms. The van der Waals surface area contributed by atoms with Crippen molar-refractivity contribution >= 4 is 27.3 Å². The van der Waals surface area contributed by atoms with Gasteiger partial charge in [-0.15, -0.1) is 0 Å². The van der Waals surface area contributed by atoms with Crippen molar-refractivity contribution in [3.8, 4) is 0 Å². The molecule has 1 atom stereocenters. The Morgan fingerprint density at radius 1 is 1.50 bits per heavy atom. The molecular weight excluding hydrogens is 279 g/mol. The molecule has 0 radical (unpaired) electrons. The SMILES string of the molecule is O=S(=O)(CC1CCCN1)Nc1ccc(F)c(Cl)c1. The maximum absolute atomic E-state index is 12.9. The highest BCUT2D eigenvalue weighted by Gasteiger charge is 2.22. The summed E-state index contributed by atoms with van der Waals surface area (Å²) in [7, 11) is -3.44. The lowest BCUT2D eigenvalue weighted by Gasteiger charge is -2.12. The van der Waals surface area contributed by atoms with E-state index in [9.17, 15) is 12.8 Å². The van der Waals surface area contributed by atoms with Crippen LogP contribution in [-0.2, 0) is 10.0 Å². The van der Waals surface area contributed by atoms with Gasteiger partial charge in [0.15, 0.2) is 0 Å². The Labute approximate surface area is 111 Å². The number of hydrogen-bond donors (Lipinski definition) is 2. The molecule has 1 fully saturated rings. The summed E-state index contributed by atoms with van der Waals surface area (Å²) < 4.78 is 39.1. The largest absolute Gasteiger partial charge is 0.313 e. The van der Waals surface area contributed by atoms with Gasteiger partial charge in [-0.3, -0.25) is 4.72 Å². The highest BCUT2D eigenvalue weighted by Crippen LogP contribution is 2.20. The smallest absolute Gasteiger partial charge is 0.234 e. The van der Waals surface area contributed by atoms with E-state index >= 15 is 0 Å². The van der Waals surface area contributed by atoms with Crippen molar-refractivity contribution in [3.05, 3.63) is 29.0 Å². The second-order valence-corrected chi connectivity index (χ2v) is 6.48. The Bertz CT molecular complexity index is 530. The number of benzene rings is 1. The van der Waals surface area contributed by atoms with Crippen molar-refractivity contribution in [2.75, 3.05) is 17.0 Å². The van der Waals surface area contributed by atoms with Gasteiger partial charge in [-0.2, -0.15) is 0 Å². The zero-order valence-corrected chi connectivity index (χ0v) is 11.2. The molecule has 0 saturated carbocycles. The summed E-state index contributed by atoms with van der Waals surface area (Å²) in [6, 6.07) is 3.73. The van der Waals surface area contributed by atoms with Gasteiger partial charge < -0.3 is 5.32 Å². The summed E-state index contributed by atoms with van der Waals surface area (Å²) in [4.78, 5) is 0.